The van der Waals surface area contributed by atoms with Gasteiger partial charge in [-0.15, -0.1) is 0 Å². The number of rotatable bonds is 5. The molecule has 1 saturated heterocycles. The molecule has 1 aromatic rings. The summed E-state index contributed by atoms with van der Waals surface area (Å²) in [5, 5.41) is 13.8. The molecule has 1 N–H and O–H groups in total. The maximum absolute atomic E-state index is 12.6. The van der Waals surface area contributed by atoms with Crippen LogP contribution >= 0.6 is 0 Å². The summed E-state index contributed by atoms with van der Waals surface area (Å²) in [5.74, 6) is -0.350. The summed E-state index contributed by atoms with van der Waals surface area (Å²) < 4.78 is 5.16. The lowest BCUT2D eigenvalue weighted by molar-refractivity contribution is -0.384. The van der Waals surface area contributed by atoms with Crippen LogP contribution in [0.4, 0.5) is 11.4 Å². The number of carbonyl (C=O) groups is 2. The fourth-order valence-corrected chi connectivity index (χ4v) is 4.25. The van der Waals surface area contributed by atoms with Crippen LogP contribution in [0.1, 0.15) is 48.9 Å². The minimum absolute atomic E-state index is 0.0580. The Morgan fingerprint density at radius 2 is 2.00 bits per heavy atom. The highest BCUT2D eigenvalue weighted by molar-refractivity contribution is 5.93. The lowest BCUT2D eigenvalue weighted by Gasteiger charge is -2.44. The number of hydrogen-bond donors (Lipinski definition) is 1. The van der Waals surface area contributed by atoms with Gasteiger partial charge in [0.1, 0.15) is 5.69 Å². The predicted molar refractivity (Wildman–Crippen MR) is 99.6 cm³/mol. The SMILES string of the molecule is CNc1ccc(C(=O)OCC(=O)N2CCC[C@H]3CCCC[C@H]32)cc1[N+](=O)[O-]. The van der Waals surface area contributed by atoms with Crippen molar-refractivity contribution in [1.29, 1.82) is 0 Å². The van der Waals surface area contributed by atoms with Crippen LogP contribution in [-0.2, 0) is 9.53 Å². The number of nitrogens with one attached hydrogen (secondary N) is 1. The van der Waals surface area contributed by atoms with Gasteiger partial charge in [-0.05, 0) is 43.7 Å². The largest absolute Gasteiger partial charge is 0.452 e. The van der Waals surface area contributed by atoms with E-state index in [1.165, 1.54) is 18.6 Å². The van der Waals surface area contributed by atoms with E-state index in [4.69, 9.17) is 4.74 Å². The summed E-state index contributed by atoms with van der Waals surface area (Å²) in [6, 6.07) is 4.32. The van der Waals surface area contributed by atoms with Gasteiger partial charge in [0.15, 0.2) is 6.61 Å². The molecule has 8 heteroatoms. The van der Waals surface area contributed by atoms with Crippen LogP contribution in [0.25, 0.3) is 0 Å². The van der Waals surface area contributed by atoms with E-state index in [2.05, 4.69) is 5.32 Å². The van der Waals surface area contributed by atoms with Crippen molar-refractivity contribution in [2.45, 2.75) is 44.6 Å². The van der Waals surface area contributed by atoms with E-state index in [9.17, 15) is 19.7 Å². The number of nitro benzene ring substituents is 1. The molecule has 2 aliphatic rings. The van der Waals surface area contributed by atoms with Gasteiger partial charge in [-0.3, -0.25) is 14.9 Å². The third kappa shape index (κ3) is 4.20. The molecule has 0 aromatic heterocycles. The molecule has 0 unspecified atom stereocenters. The van der Waals surface area contributed by atoms with E-state index in [1.54, 1.807) is 7.05 Å². The molecule has 0 radical (unpaired) electrons. The number of benzene rings is 1. The van der Waals surface area contributed by atoms with E-state index >= 15 is 0 Å². The lowest BCUT2D eigenvalue weighted by Crippen LogP contribution is -2.50. The number of amides is 1. The molecular formula is C19H25N3O5. The number of hydrogen-bond acceptors (Lipinski definition) is 6. The third-order valence-corrected chi connectivity index (χ3v) is 5.59. The van der Waals surface area contributed by atoms with Gasteiger partial charge in [-0.2, -0.15) is 0 Å². The topological polar surface area (TPSA) is 102 Å². The first-order valence-corrected chi connectivity index (χ1v) is 9.44. The Bertz CT molecular complexity index is 734. The minimum Gasteiger partial charge on any atom is -0.452 e. The number of esters is 1. The molecule has 2 atom stereocenters. The highest BCUT2D eigenvalue weighted by Crippen LogP contribution is 2.35. The Balaban J connectivity index is 1.62. The average Bonchev–Trinajstić information content (AvgIpc) is 2.70. The second-order valence-electron chi connectivity index (χ2n) is 7.16. The molecule has 3 rings (SSSR count). The molecule has 8 nitrogen and oxygen atoms in total. The molecule has 1 amide bonds. The number of nitrogens with zero attached hydrogens (tertiary/aromatic N) is 2. The van der Waals surface area contributed by atoms with Crippen LogP contribution in [0.5, 0.6) is 0 Å². The smallest absolute Gasteiger partial charge is 0.338 e. The molecular weight excluding hydrogens is 350 g/mol. The predicted octanol–water partition coefficient (Wildman–Crippen LogP) is 2.97. The van der Waals surface area contributed by atoms with Crippen molar-refractivity contribution in [2.24, 2.45) is 5.92 Å². The first-order valence-electron chi connectivity index (χ1n) is 9.44. The number of ether oxygens (including phenoxy) is 1. The molecule has 1 saturated carbocycles. The van der Waals surface area contributed by atoms with E-state index in [1.807, 2.05) is 4.90 Å². The number of carbonyl (C=O) groups excluding carboxylic acids is 2. The average molecular weight is 375 g/mol. The Kier molecular flexibility index (Phi) is 5.93. The molecule has 27 heavy (non-hydrogen) atoms. The van der Waals surface area contributed by atoms with E-state index < -0.39 is 10.9 Å². The number of likely N-dealkylation sites (tertiary alicyclic amines) is 1. The van der Waals surface area contributed by atoms with Crippen molar-refractivity contribution in [1.82, 2.24) is 4.90 Å². The molecule has 146 valence electrons. The van der Waals surface area contributed by atoms with Crippen LogP contribution < -0.4 is 5.32 Å². The Morgan fingerprint density at radius 3 is 2.74 bits per heavy atom. The van der Waals surface area contributed by atoms with Gasteiger partial charge in [-0.1, -0.05) is 12.8 Å². The van der Waals surface area contributed by atoms with Crippen LogP contribution in [0.15, 0.2) is 18.2 Å². The highest BCUT2D eigenvalue weighted by atomic mass is 16.6. The van der Waals surface area contributed by atoms with Crippen LogP contribution in [-0.4, -0.2) is 47.9 Å². The lowest BCUT2D eigenvalue weighted by atomic mass is 9.78. The summed E-state index contributed by atoms with van der Waals surface area (Å²) in [6.45, 7) is 0.378. The summed E-state index contributed by atoms with van der Waals surface area (Å²) in [4.78, 5) is 37.3. The summed E-state index contributed by atoms with van der Waals surface area (Å²) >= 11 is 0. The maximum atomic E-state index is 12.6. The number of fused-ring (bicyclic) bond motifs is 1. The fourth-order valence-electron chi connectivity index (χ4n) is 4.25. The van der Waals surface area contributed by atoms with Gasteiger partial charge >= 0.3 is 5.97 Å². The van der Waals surface area contributed by atoms with Crippen molar-refractivity contribution >= 4 is 23.3 Å². The van der Waals surface area contributed by atoms with Gasteiger partial charge < -0.3 is 15.0 Å². The molecule has 1 aromatic carbocycles. The van der Waals surface area contributed by atoms with Gasteiger partial charge in [0, 0.05) is 25.7 Å². The Hall–Kier alpha value is -2.64. The first kappa shape index (κ1) is 19.1. The summed E-state index contributed by atoms with van der Waals surface area (Å²) in [6.07, 6.45) is 6.68. The number of nitro groups is 1. The van der Waals surface area contributed by atoms with Gasteiger partial charge in [0.25, 0.3) is 11.6 Å². The van der Waals surface area contributed by atoms with Crippen molar-refractivity contribution in [2.75, 3.05) is 25.5 Å². The fraction of sp³-hybridized carbons (Fsp3) is 0.579. The number of piperidine rings is 1. The molecule has 1 heterocycles. The maximum Gasteiger partial charge on any atom is 0.338 e. The third-order valence-electron chi connectivity index (χ3n) is 5.59. The summed E-state index contributed by atoms with van der Waals surface area (Å²) in [5.41, 5.74) is 0.159. The van der Waals surface area contributed by atoms with Gasteiger partial charge in [-0.25, -0.2) is 4.79 Å². The zero-order valence-electron chi connectivity index (χ0n) is 15.5. The molecule has 0 spiro atoms. The van der Waals surface area contributed by atoms with Crippen molar-refractivity contribution in [3.8, 4) is 0 Å². The minimum atomic E-state index is -0.730. The second-order valence-corrected chi connectivity index (χ2v) is 7.16. The standard InChI is InChI=1S/C19H25N3O5/c1-20-15-9-8-14(11-17(15)22(25)26)19(24)27-12-18(23)21-10-4-6-13-5-2-3-7-16(13)21/h8-9,11,13,16,20H,2-7,10,12H2,1H3/t13-,16-/m1/s1. The Morgan fingerprint density at radius 1 is 1.26 bits per heavy atom. The molecule has 2 fully saturated rings. The zero-order chi connectivity index (χ0) is 19.4. The van der Waals surface area contributed by atoms with E-state index in [0.29, 0.717) is 18.2 Å². The van der Waals surface area contributed by atoms with Crippen molar-refractivity contribution in [3.05, 3.63) is 33.9 Å². The zero-order valence-corrected chi connectivity index (χ0v) is 15.5. The highest BCUT2D eigenvalue weighted by Gasteiger charge is 2.35. The van der Waals surface area contributed by atoms with Crippen molar-refractivity contribution in [3.63, 3.8) is 0 Å². The normalized spacial score (nSPS) is 21.9. The van der Waals surface area contributed by atoms with Gasteiger partial charge in [0.2, 0.25) is 0 Å². The molecule has 0 bridgehead atoms. The van der Waals surface area contributed by atoms with Crippen LogP contribution in [0.3, 0.4) is 0 Å². The number of anilines is 1. The second kappa shape index (κ2) is 8.37. The van der Waals surface area contributed by atoms with Crippen molar-refractivity contribution < 1.29 is 19.2 Å². The Labute approximate surface area is 158 Å². The monoisotopic (exact) mass is 375 g/mol. The molecule has 1 aliphatic carbocycles. The van der Waals surface area contributed by atoms with E-state index in [-0.39, 0.29) is 29.8 Å². The quantitative estimate of drug-likeness (QED) is 0.482. The van der Waals surface area contributed by atoms with E-state index in [0.717, 1.165) is 38.2 Å². The van der Waals surface area contributed by atoms with Crippen LogP contribution in [0, 0.1) is 16.0 Å². The van der Waals surface area contributed by atoms with Gasteiger partial charge in [0.05, 0.1) is 10.5 Å². The first-order chi connectivity index (χ1) is 13.0. The summed E-state index contributed by atoms with van der Waals surface area (Å²) in [7, 11) is 1.57. The molecule has 1 aliphatic heterocycles. The van der Waals surface area contributed by atoms with Crippen LogP contribution in [0.2, 0.25) is 0 Å².